The lowest BCUT2D eigenvalue weighted by Crippen LogP contribution is -2.06. The fourth-order valence-corrected chi connectivity index (χ4v) is 2.56. The van der Waals surface area contributed by atoms with Gasteiger partial charge in [0, 0.05) is 22.6 Å². The summed E-state index contributed by atoms with van der Waals surface area (Å²) in [6, 6.07) is 4.51. The van der Waals surface area contributed by atoms with E-state index >= 15 is 0 Å². The maximum atomic E-state index is 13.7. The van der Waals surface area contributed by atoms with Gasteiger partial charge in [0.2, 0.25) is 0 Å². The minimum Gasteiger partial charge on any atom is -0.466 e. The third-order valence-electron chi connectivity index (χ3n) is 3.41. The van der Waals surface area contributed by atoms with Crippen LogP contribution in [0.15, 0.2) is 22.6 Å². The number of aliphatic hydroxyl groups is 1. The van der Waals surface area contributed by atoms with Crippen molar-refractivity contribution in [3.05, 3.63) is 57.2 Å². The molecule has 0 radical (unpaired) electrons. The minimum absolute atomic E-state index is 0.131. The summed E-state index contributed by atoms with van der Waals surface area (Å²) in [4.78, 5) is 0. The molecule has 0 fully saturated rings. The van der Waals surface area contributed by atoms with Crippen LogP contribution in [0.1, 0.15) is 34.3 Å². The zero-order chi connectivity index (χ0) is 14.2. The molecule has 0 amide bonds. The lowest BCUT2D eigenvalue weighted by molar-refractivity contribution is 0.174. The van der Waals surface area contributed by atoms with Crippen LogP contribution in [0.4, 0.5) is 4.39 Å². The summed E-state index contributed by atoms with van der Waals surface area (Å²) in [5.74, 6) is 1.03. The van der Waals surface area contributed by atoms with Crippen molar-refractivity contribution in [2.45, 2.75) is 33.3 Å². The van der Waals surface area contributed by atoms with Crippen LogP contribution in [-0.2, 0) is 6.42 Å². The molecule has 0 saturated heterocycles. The molecule has 1 aromatic heterocycles. The topological polar surface area (TPSA) is 33.4 Å². The average molecular weight is 283 g/mol. The smallest absolute Gasteiger partial charge is 0.127 e. The monoisotopic (exact) mass is 282 g/mol. The Labute approximate surface area is 116 Å². The predicted octanol–water partition coefficient (Wildman–Crippen LogP) is 4.27. The van der Waals surface area contributed by atoms with E-state index in [0.29, 0.717) is 16.3 Å². The third-order valence-corrected chi connectivity index (χ3v) is 3.76. The molecule has 2 rings (SSSR count). The first-order chi connectivity index (χ1) is 8.91. The van der Waals surface area contributed by atoms with Gasteiger partial charge >= 0.3 is 0 Å². The molecule has 0 aliphatic heterocycles. The molecule has 2 aromatic rings. The van der Waals surface area contributed by atoms with Crippen LogP contribution in [-0.4, -0.2) is 5.11 Å². The molecule has 1 atom stereocenters. The van der Waals surface area contributed by atoms with Crippen molar-refractivity contribution in [3.63, 3.8) is 0 Å². The maximum absolute atomic E-state index is 13.7. The highest BCUT2D eigenvalue weighted by atomic mass is 35.5. The Bertz CT molecular complexity index is 584. The Morgan fingerprint density at radius 3 is 2.47 bits per heavy atom. The van der Waals surface area contributed by atoms with Gasteiger partial charge in [-0.15, -0.1) is 0 Å². The molecular formula is C15H16ClFO2. The van der Waals surface area contributed by atoms with E-state index in [0.717, 1.165) is 16.9 Å². The van der Waals surface area contributed by atoms with Crippen molar-refractivity contribution in [2.75, 3.05) is 0 Å². The lowest BCUT2D eigenvalue weighted by Gasteiger charge is -2.13. The quantitative estimate of drug-likeness (QED) is 0.912. The van der Waals surface area contributed by atoms with Crippen molar-refractivity contribution >= 4 is 11.6 Å². The molecule has 0 spiro atoms. The Balaban J connectivity index is 2.33. The van der Waals surface area contributed by atoms with Gasteiger partial charge in [-0.1, -0.05) is 17.7 Å². The Morgan fingerprint density at radius 1 is 1.26 bits per heavy atom. The molecule has 0 aliphatic carbocycles. The van der Waals surface area contributed by atoms with Crippen LogP contribution in [0.25, 0.3) is 0 Å². The van der Waals surface area contributed by atoms with Crippen LogP contribution in [0, 0.1) is 26.6 Å². The Hall–Kier alpha value is -1.32. The van der Waals surface area contributed by atoms with E-state index in [9.17, 15) is 9.50 Å². The molecule has 1 heterocycles. The van der Waals surface area contributed by atoms with E-state index in [1.807, 2.05) is 13.8 Å². The number of hydrogen-bond acceptors (Lipinski definition) is 2. The molecule has 1 N–H and O–H groups in total. The minimum atomic E-state index is -0.827. The van der Waals surface area contributed by atoms with E-state index < -0.39 is 11.9 Å². The lowest BCUT2D eigenvalue weighted by atomic mass is 9.98. The molecule has 4 heteroatoms. The van der Waals surface area contributed by atoms with Crippen LogP contribution < -0.4 is 0 Å². The summed E-state index contributed by atoms with van der Waals surface area (Å²) < 4.78 is 19.2. The van der Waals surface area contributed by atoms with Crippen LogP contribution in [0.5, 0.6) is 0 Å². The van der Waals surface area contributed by atoms with Gasteiger partial charge in [-0.25, -0.2) is 4.39 Å². The first-order valence-corrected chi connectivity index (χ1v) is 6.47. The Kier molecular flexibility index (Phi) is 3.97. The zero-order valence-corrected chi connectivity index (χ0v) is 11.9. The van der Waals surface area contributed by atoms with Gasteiger partial charge in [-0.2, -0.15) is 0 Å². The van der Waals surface area contributed by atoms with E-state index in [1.165, 1.54) is 6.07 Å². The molecule has 1 unspecified atom stereocenters. The second-order valence-electron chi connectivity index (χ2n) is 4.67. The number of aliphatic hydroxyl groups excluding tert-OH is 1. The van der Waals surface area contributed by atoms with Gasteiger partial charge in [0.15, 0.2) is 0 Å². The molecule has 2 nitrogen and oxygen atoms in total. The van der Waals surface area contributed by atoms with Crippen LogP contribution in [0.2, 0.25) is 5.02 Å². The maximum Gasteiger partial charge on any atom is 0.127 e. The largest absolute Gasteiger partial charge is 0.466 e. The summed E-state index contributed by atoms with van der Waals surface area (Å²) in [5.41, 5.74) is 1.95. The normalized spacial score (nSPS) is 12.7. The molecule has 0 saturated carbocycles. The molecule has 0 bridgehead atoms. The summed E-state index contributed by atoms with van der Waals surface area (Å²) >= 11 is 5.97. The van der Waals surface area contributed by atoms with Gasteiger partial charge in [0.1, 0.15) is 17.3 Å². The van der Waals surface area contributed by atoms with Gasteiger partial charge in [-0.05, 0) is 38.5 Å². The van der Waals surface area contributed by atoms with Crippen LogP contribution in [0.3, 0.4) is 0 Å². The highest BCUT2D eigenvalue weighted by Crippen LogP contribution is 2.31. The molecular weight excluding hydrogens is 267 g/mol. The average Bonchev–Trinajstić information content (AvgIpc) is 2.58. The SMILES string of the molecule is Cc1oc(C)c(C(O)Cc2c(F)cccc2Cl)c1C. The summed E-state index contributed by atoms with van der Waals surface area (Å²) in [6.07, 6.45) is -0.696. The van der Waals surface area contributed by atoms with Crippen molar-refractivity contribution in [2.24, 2.45) is 0 Å². The second-order valence-corrected chi connectivity index (χ2v) is 5.08. The first kappa shape index (κ1) is 14.1. The van der Waals surface area contributed by atoms with Crippen LogP contribution >= 0.6 is 11.6 Å². The highest BCUT2D eigenvalue weighted by Gasteiger charge is 2.21. The third kappa shape index (κ3) is 2.67. The fraction of sp³-hybridized carbons (Fsp3) is 0.333. The number of furan rings is 1. The van der Waals surface area contributed by atoms with E-state index in [2.05, 4.69) is 0 Å². The van der Waals surface area contributed by atoms with Gasteiger partial charge < -0.3 is 9.52 Å². The van der Waals surface area contributed by atoms with E-state index in [1.54, 1.807) is 19.1 Å². The number of aryl methyl sites for hydroxylation is 2. The molecule has 1 aromatic carbocycles. The van der Waals surface area contributed by atoms with Crippen molar-refractivity contribution < 1.29 is 13.9 Å². The highest BCUT2D eigenvalue weighted by molar-refractivity contribution is 6.31. The van der Waals surface area contributed by atoms with Crippen molar-refractivity contribution in [1.82, 2.24) is 0 Å². The zero-order valence-electron chi connectivity index (χ0n) is 11.1. The standard InChI is InChI=1S/C15H16ClFO2/c1-8-9(2)19-10(3)15(8)14(18)7-11-12(16)5-4-6-13(11)17/h4-6,14,18H,7H2,1-3H3. The number of hydrogen-bond donors (Lipinski definition) is 1. The summed E-state index contributed by atoms with van der Waals surface area (Å²) in [5, 5.41) is 10.6. The number of halogens is 2. The Morgan fingerprint density at radius 2 is 1.95 bits per heavy atom. The van der Waals surface area contributed by atoms with Gasteiger partial charge in [0.05, 0.1) is 6.10 Å². The second kappa shape index (κ2) is 5.35. The predicted molar refractivity (Wildman–Crippen MR) is 73.0 cm³/mol. The van der Waals surface area contributed by atoms with E-state index in [4.69, 9.17) is 16.0 Å². The number of rotatable bonds is 3. The summed E-state index contributed by atoms with van der Waals surface area (Å²) in [7, 11) is 0. The molecule has 0 aliphatic rings. The molecule has 102 valence electrons. The first-order valence-electron chi connectivity index (χ1n) is 6.09. The van der Waals surface area contributed by atoms with Gasteiger partial charge in [-0.3, -0.25) is 0 Å². The fourth-order valence-electron chi connectivity index (χ4n) is 2.32. The number of benzene rings is 1. The summed E-state index contributed by atoms with van der Waals surface area (Å²) in [6.45, 7) is 5.52. The van der Waals surface area contributed by atoms with E-state index in [-0.39, 0.29) is 6.42 Å². The van der Waals surface area contributed by atoms with Gasteiger partial charge in [0.25, 0.3) is 0 Å². The van der Waals surface area contributed by atoms with Crippen molar-refractivity contribution in [3.8, 4) is 0 Å². The molecule has 19 heavy (non-hydrogen) atoms. The van der Waals surface area contributed by atoms with Crippen molar-refractivity contribution in [1.29, 1.82) is 0 Å².